The van der Waals surface area contributed by atoms with E-state index in [-0.39, 0.29) is 0 Å². The molecule has 0 radical (unpaired) electrons. The predicted octanol–water partition coefficient (Wildman–Crippen LogP) is 0.639. The first-order valence-corrected chi connectivity index (χ1v) is 7.31. The summed E-state index contributed by atoms with van der Waals surface area (Å²) in [6, 6.07) is 0.608. The second-order valence-electron chi connectivity index (χ2n) is 6.64. The van der Waals surface area contributed by atoms with Gasteiger partial charge in [0.15, 0.2) is 0 Å². The standard InChI is InChI=1S/C14H29N3O/c1-13-10-17(12-14(2,3)11-15-13)5-4-16-6-8-18-9-7-16/h13,15H,4-12H2,1-3H3. The second-order valence-corrected chi connectivity index (χ2v) is 6.64. The normalized spacial score (nSPS) is 31.2. The molecule has 0 amide bonds. The molecule has 0 bridgehead atoms. The third-order valence-electron chi connectivity index (χ3n) is 3.95. The van der Waals surface area contributed by atoms with Crippen molar-refractivity contribution in [2.45, 2.75) is 26.8 Å². The molecule has 0 aliphatic carbocycles. The van der Waals surface area contributed by atoms with Gasteiger partial charge in [0.1, 0.15) is 0 Å². The third kappa shape index (κ3) is 4.50. The lowest BCUT2D eigenvalue weighted by Gasteiger charge is -2.32. The van der Waals surface area contributed by atoms with Crippen LogP contribution in [-0.2, 0) is 4.74 Å². The van der Waals surface area contributed by atoms with Crippen LogP contribution in [0.5, 0.6) is 0 Å². The Labute approximate surface area is 112 Å². The van der Waals surface area contributed by atoms with E-state index in [4.69, 9.17) is 4.74 Å². The van der Waals surface area contributed by atoms with Gasteiger partial charge in [-0.2, -0.15) is 0 Å². The highest BCUT2D eigenvalue weighted by Gasteiger charge is 2.27. The summed E-state index contributed by atoms with van der Waals surface area (Å²) in [6.45, 7) is 16.9. The van der Waals surface area contributed by atoms with Crippen LogP contribution in [0, 0.1) is 5.41 Å². The van der Waals surface area contributed by atoms with Crippen LogP contribution in [0.3, 0.4) is 0 Å². The molecule has 0 aromatic rings. The van der Waals surface area contributed by atoms with Crippen LogP contribution in [0.4, 0.5) is 0 Å². The van der Waals surface area contributed by atoms with E-state index in [1.54, 1.807) is 0 Å². The van der Waals surface area contributed by atoms with Gasteiger partial charge in [0.05, 0.1) is 13.2 Å². The van der Waals surface area contributed by atoms with Crippen molar-refractivity contribution in [2.24, 2.45) is 5.41 Å². The Hall–Kier alpha value is -0.160. The Morgan fingerprint density at radius 2 is 1.83 bits per heavy atom. The zero-order valence-corrected chi connectivity index (χ0v) is 12.2. The predicted molar refractivity (Wildman–Crippen MR) is 74.9 cm³/mol. The van der Waals surface area contributed by atoms with Crippen molar-refractivity contribution < 1.29 is 4.74 Å². The molecular formula is C14H29N3O. The molecule has 1 unspecified atom stereocenters. The molecule has 2 rings (SSSR count). The molecular weight excluding hydrogens is 226 g/mol. The van der Waals surface area contributed by atoms with Gasteiger partial charge in [-0.05, 0) is 12.3 Å². The fraction of sp³-hybridized carbons (Fsp3) is 1.00. The lowest BCUT2D eigenvalue weighted by atomic mass is 9.93. The fourth-order valence-corrected chi connectivity index (χ4v) is 2.91. The average Bonchev–Trinajstić information content (AvgIpc) is 2.47. The highest BCUT2D eigenvalue weighted by molar-refractivity contribution is 4.84. The van der Waals surface area contributed by atoms with E-state index in [9.17, 15) is 0 Å². The molecule has 1 N–H and O–H groups in total. The Morgan fingerprint density at radius 3 is 2.56 bits per heavy atom. The van der Waals surface area contributed by atoms with Crippen LogP contribution in [-0.4, -0.2) is 74.9 Å². The van der Waals surface area contributed by atoms with Gasteiger partial charge in [-0.15, -0.1) is 0 Å². The molecule has 2 aliphatic heterocycles. The van der Waals surface area contributed by atoms with Crippen LogP contribution >= 0.6 is 0 Å². The van der Waals surface area contributed by atoms with Crippen LogP contribution in [0.2, 0.25) is 0 Å². The molecule has 2 aliphatic rings. The number of morpholine rings is 1. The minimum atomic E-state index is 0.385. The first-order valence-electron chi connectivity index (χ1n) is 7.31. The molecule has 4 nitrogen and oxygen atoms in total. The number of nitrogens with zero attached hydrogens (tertiary/aromatic N) is 2. The number of nitrogens with one attached hydrogen (secondary N) is 1. The largest absolute Gasteiger partial charge is 0.379 e. The molecule has 0 aromatic heterocycles. The van der Waals surface area contributed by atoms with Gasteiger partial charge < -0.3 is 10.1 Å². The highest BCUT2D eigenvalue weighted by atomic mass is 16.5. The number of ether oxygens (including phenoxy) is 1. The summed E-state index contributed by atoms with van der Waals surface area (Å²) in [5.74, 6) is 0. The topological polar surface area (TPSA) is 27.7 Å². The van der Waals surface area contributed by atoms with Gasteiger partial charge in [-0.1, -0.05) is 13.8 Å². The van der Waals surface area contributed by atoms with E-state index < -0.39 is 0 Å². The van der Waals surface area contributed by atoms with Gasteiger partial charge in [-0.25, -0.2) is 0 Å². The minimum Gasteiger partial charge on any atom is -0.379 e. The summed E-state index contributed by atoms with van der Waals surface area (Å²) in [6.07, 6.45) is 0. The lowest BCUT2D eigenvalue weighted by Crippen LogP contribution is -2.44. The van der Waals surface area contributed by atoms with E-state index >= 15 is 0 Å². The van der Waals surface area contributed by atoms with Crippen LogP contribution in [0.15, 0.2) is 0 Å². The zero-order chi connectivity index (χ0) is 13.0. The Bertz CT molecular complexity index is 251. The Morgan fingerprint density at radius 1 is 1.17 bits per heavy atom. The maximum absolute atomic E-state index is 5.40. The van der Waals surface area contributed by atoms with Crippen molar-refractivity contribution in [1.82, 2.24) is 15.1 Å². The molecule has 1 atom stereocenters. The van der Waals surface area contributed by atoms with Crippen LogP contribution in [0.25, 0.3) is 0 Å². The monoisotopic (exact) mass is 255 g/mol. The fourth-order valence-electron chi connectivity index (χ4n) is 2.91. The molecule has 106 valence electrons. The molecule has 2 heterocycles. The average molecular weight is 255 g/mol. The summed E-state index contributed by atoms with van der Waals surface area (Å²) in [7, 11) is 0. The Balaban J connectivity index is 1.79. The number of hydrogen-bond donors (Lipinski definition) is 1. The SMILES string of the molecule is CC1CN(CCN2CCOCC2)CC(C)(C)CN1. The minimum absolute atomic E-state index is 0.385. The van der Waals surface area contributed by atoms with Crippen molar-refractivity contribution in [3.05, 3.63) is 0 Å². The Kier molecular flexibility index (Phi) is 5.01. The summed E-state index contributed by atoms with van der Waals surface area (Å²) in [5, 5.41) is 3.63. The molecule has 0 spiro atoms. The smallest absolute Gasteiger partial charge is 0.0594 e. The molecule has 4 heteroatoms. The van der Waals surface area contributed by atoms with E-state index in [0.29, 0.717) is 11.5 Å². The van der Waals surface area contributed by atoms with E-state index in [2.05, 4.69) is 35.9 Å². The van der Waals surface area contributed by atoms with Crippen LogP contribution < -0.4 is 5.32 Å². The number of hydrogen-bond acceptors (Lipinski definition) is 4. The van der Waals surface area contributed by atoms with E-state index in [0.717, 1.165) is 32.8 Å². The summed E-state index contributed by atoms with van der Waals surface area (Å²) >= 11 is 0. The van der Waals surface area contributed by atoms with Crippen molar-refractivity contribution in [3.63, 3.8) is 0 Å². The molecule has 2 saturated heterocycles. The van der Waals surface area contributed by atoms with E-state index in [1.807, 2.05) is 0 Å². The highest BCUT2D eigenvalue weighted by Crippen LogP contribution is 2.19. The molecule has 2 fully saturated rings. The molecule has 0 aromatic carbocycles. The summed E-state index contributed by atoms with van der Waals surface area (Å²) in [5.41, 5.74) is 0.385. The van der Waals surface area contributed by atoms with Gasteiger partial charge >= 0.3 is 0 Å². The van der Waals surface area contributed by atoms with Crippen LogP contribution in [0.1, 0.15) is 20.8 Å². The molecule has 0 saturated carbocycles. The van der Waals surface area contributed by atoms with Gasteiger partial charge in [0.25, 0.3) is 0 Å². The van der Waals surface area contributed by atoms with E-state index in [1.165, 1.54) is 26.2 Å². The second kappa shape index (κ2) is 6.33. The lowest BCUT2D eigenvalue weighted by molar-refractivity contribution is 0.0320. The zero-order valence-electron chi connectivity index (χ0n) is 12.2. The van der Waals surface area contributed by atoms with Crippen molar-refractivity contribution in [1.29, 1.82) is 0 Å². The quantitative estimate of drug-likeness (QED) is 0.801. The molecule has 18 heavy (non-hydrogen) atoms. The van der Waals surface area contributed by atoms with Gasteiger partial charge in [0, 0.05) is 51.9 Å². The summed E-state index contributed by atoms with van der Waals surface area (Å²) in [4.78, 5) is 5.15. The van der Waals surface area contributed by atoms with Crippen molar-refractivity contribution in [2.75, 3.05) is 59.0 Å². The maximum Gasteiger partial charge on any atom is 0.0594 e. The first kappa shape index (κ1) is 14.3. The van der Waals surface area contributed by atoms with Gasteiger partial charge in [0.2, 0.25) is 0 Å². The number of rotatable bonds is 3. The van der Waals surface area contributed by atoms with Crippen molar-refractivity contribution >= 4 is 0 Å². The maximum atomic E-state index is 5.40. The summed E-state index contributed by atoms with van der Waals surface area (Å²) < 4.78 is 5.40. The third-order valence-corrected chi connectivity index (χ3v) is 3.95. The van der Waals surface area contributed by atoms with Gasteiger partial charge in [-0.3, -0.25) is 9.80 Å². The first-order chi connectivity index (χ1) is 8.55. The van der Waals surface area contributed by atoms with Crippen molar-refractivity contribution in [3.8, 4) is 0 Å².